The molecule has 18 heavy (non-hydrogen) atoms. The first-order chi connectivity index (χ1) is 8.46. The van der Waals surface area contributed by atoms with Gasteiger partial charge in [0, 0.05) is 0 Å². The molecule has 0 heterocycles. The van der Waals surface area contributed by atoms with Crippen molar-refractivity contribution >= 4 is 27.3 Å². The van der Waals surface area contributed by atoms with Crippen molar-refractivity contribution in [3.05, 3.63) is 29.0 Å². The highest BCUT2D eigenvalue weighted by atomic mass is 35.5. The van der Waals surface area contributed by atoms with Gasteiger partial charge in [-0.05, 0) is 31.6 Å². The molecule has 102 valence electrons. The summed E-state index contributed by atoms with van der Waals surface area (Å²) in [6, 6.07) is 4.00. The molecule has 1 aromatic rings. The Kier molecular flexibility index (Phi) is 5.84. The van der Waals surface area contributed by atoms with E-state index < -0.39 is 15.8 Å². The number of anilines is 1. The van der Waals surface area contributed by atoms with Gasteiger partial charge in [-0.1, -0.05) is 24.6 Å². The third-order valence-corrected chi connectivity index (χ3v) is 3.89. The van der Waals surface area contributed by atoms with E-state index in [1.54, 1.807) is 0 Å². The molecule has 0 unspecified atom stereocenters. The molecule has 0 radical (unpaired) electrons. The highest BCUT2D eigenvalue weighted by Crippen LogP contribution is 2.25. The zero-order chi connectivity index (χ0) is 13.6. The van der Waals surface area contributed by atoms with Crippen molar-refractivity contribution < 1.29 is 12.8 Å². The minimum atomic E-state index is -3.57. The van der Waals surface area contributed by atoms with E-state index in [4.69, 9.17) is 11.6 Å². The predicted octanol–water partition coefficient (Wildman–Crippen LogP) is 2.22. The highest BCUT2D eigenvalue weighted by molar-refractivity contribution is 7.92. The van der Waals surface area contributed by atoms with Gasteiger partial charge in [0.25, 0.3) is 0 Å². The minimum Gasteiger partial charge on any atom is -0.317 e. The second-order valence-corrected chi connectivity index (χ2v) is 5.97. The van der Waals surface area contributed by atoms with Crippen molar-refractivity contribution in [2.75, 3.05) is 23.6 Å². The summed E-state index contributed by atoms with van der Waals surface area (Å²) in [4.78, 5) is 0. The number of hydrogen-bond acceptors (Lipinski definition) is 3. The molecule has 0 aliphatic rings. The number of hydrogen-bond donors (Lipinski definition) is 2. The molecule has 0 spiro atoms. The van der Waals surface area contributed by atoms with Gasteiger partial charge in [-0.25, -0.2) is 12.8 Å². The normalized spacial score (nSPS) is 11.5. The quantitative estimate of drug-likeness (QED) is 0.758. The predicted molar refractivity (Wildman–Crippen MR) is 72.0 cm³/mol. The highest BCUT2D eigenvalue weighted by Gasteiger charge is 2.15. The Labute approximate surface area is 112 Å². The molecule has 0 fully saturated rings. The molecule has 0 saturated carbocycles. The van der Waals surface area contributed by atoms with Crippen LogP contribution < -0.4 is 10.0 Å². The van der Waals surface area contributed by atoms with E-state index in [1.165, 1.54) is 12.1 Å². The van der Waals surface area contributed by atoms with Gasteiger partial charge in [-0.3, -0.25) is 4.72 Å². The number of rotatable bonds is 7. The zero-order valence-electron chi connectivity index (χ0n) is 10.0. The Morgan fingerprint density at radius 2 is 2.11 bits per heavy atom. The van der Waals surface area contributed by atoms with Crippen molar-refractivity contribution in [3.63, 3.8) is 0 Å². The van der Waals surface area contributed by atoms with Crippen LogP contribution in [0.4, 0.5) is 10.1 Å². The summed E-state index contributed by atoms with van der Waals surface area (Å²) in [5.41, 5.74) is -0.192. The molecule has 1 aromatic carbocycles. The Bertz CT molecular complexity index is 474. The summed E-state index contributed by atoms with van der Waals surface area (Å²) in [6.07, 6.45) is 0.454. The van der Waals surface area contributed by atoms with Crippen LogP contribution in [0.5, 0.6) is 0 Å². The molecule has 0 amide bonds. The molecule has 0 bridgehead atoms. The first kappa shape index (κ1) is 15.2. The van der Waals surface area contributed by atoms with Crippen LogP contribution in [0.3, 0.4) is 0 Å². The number of para-hydroxylation sites is 1. The van der Waals surface area contributed by atoms with Gasteiger partial charge in [0.05, 0.1) is 10.8 Å². The molecule has 0 saturated heterocycles. The Morgan fingerprint density at radius 1 is 1.39 bits per heavy atom. The van der Waals surface area contributed by atoms with E-state index in [-0.39, 0.29) is 16.5 Å². The molecule has 7 heteroatoms. The lowest BCUT2D eigenvalue weighted by atomic mass is 10.3. The second kappa shape index (κ2) is 6.92. The Hall–Kier alpha value is -0.850. The van der Waals surface area contributed by atoms with Crippen LogP contribution in [-0.4, -0.2) is 27.3 Å². The van der Waals surface area contributed by atoms with Crippen LogP contribution in [-0.2, 0) is 10.0 Å². The van der Waals surface area contributed by atoms with Crippen LogP contribution in [0.2, 0.25) is 5.02 Å². The van der Waals surface area contributed by atoms with Crippen molar-refractivity contribution in [2.24, 2.45) is 0 Å². The van der Waals surface area contributed by atoms with E-state index in [0.29, 0.717) is 13.0 Å². The van der Waals surface area contributed by atoms with E-state index in [9.17, 15) is 12.8 Å². The van der Waals surface area contributed by atoms with Crippen molar-refractivity contribution in [2.45, 2.75) is 13.3 Å². The molecular formula is C11H16ClFN2O2S. The van der Waals surface area contributed by atoms with E-state index in [2.05, 4.69) is 10.0 Å². The third-order valence-electron chi connectivity index (χ3n) is 2.24. The number of sulfonamides is 1. The van der Waals surface area contributed by atoms with Crippen LogP contribution in [0.15, 0.2) is 18.2 Å². The molecule has 4 nitrogen and oxygen atoms in total. The van der Waals surface area contributed by atoms with E-state index in [0.717, 1.165) is 12.6 Å². The minimum absolute atomic E-state index is 0.0465. The number of halogens is 2. The maximum absolute atomic E-state index is 13.4. The van der Waals surface area contributed by atoms with Crippen LogP contribution in [0.1, 0.15) is 13.3 Å². The lowest BCUT2D eigenvalue weighted by molar-refractivity contribution is 0.593. The SMILES string of the molecule is CCNCCCS(=O)(=O)Nc1c(F)cccc1Cl. The molecule has 0 atom stereocenters. The van der Waals surface area contributed by atoms with Gasteiger partial charge in [-0.2, -0.15) is 0 Å². The summed E-state index contributed by atoms with van der Waals surface area (Å²) in [5, 5.41) is 3.06. The largest absolute Gasteiger partial charge is 0.317 e. The summed E-state index contributed by atoms with van der Waals surface area (Å²) < 4.78 is 39.0. The first-order valence-electron chi connectivity index (χ1n) is 5.61. The second-order valence-electron chi connectivity index (χ2n) is 3.72. The standard InChI is InChI=1S/C11H16ClFN2O2S/c1-2-14-7-4-8-18(16,17)15-11-9(12)5-3-6-10(11)13/h3,5-6,14-15H,2,4,7-8H2,1H3. The van der Waals surface area contributed by atoms with Crippen molar-refractivity contribution in [1.29, 1.82) is 0 Å². The first-order valence-corrected chi connectivity index (χ1v) is 7.64. The van der Waals surface area contributed by atoms with E-state index >= 15 is 0 Å². The summed E-state index contributed by atoms with van der Waals surface area (Å²) >= 11 is 5.74. The molecule has 0 aliphatic carbocycles. The smallest absolute Gasteiger partial charge is 0.232 e. The topological polar surface area (TPSA) is 58.2 Å². The average molecular weight is 295 g/mol. The molecule has 0 aliphatic heterocycles. The monoisotopic (exact) mass is 294 g/mol. The van der Waals surface area contributed by atoms with E-state index in [1.807, 2.05) is 6.92 Å². The maximum atomic E-state index is 13.4. The lowest BCUT2D eigenvalue weighted by Crippen LogP contribution is -2.22. The van der Waals surface area contributed by atoms with Crippen LogP contribution in [0.25, 0.3) is 0 Å². The lowest BCUT2D eigenvalue weighted by Gasteiger charge is -2.10. The number of benzene rings is 1. The summed E-state index contributed by atoms with van der Waals surface area (Å²) in [5.74, 6) is -0.761. The van der Waals surface area contributed by atoms with Crippen molar-refractivity contribution in [3.8, 4) is 0 Å². The van der Waals surface area contributed by atoms with Gasteiger partial charge in [0.15, 0.2) is 0 Å². The van der Waals surface area contributed by atoms with Gasteiger partial charge in [0.2, 0.25) is 10.0 Å². The number of nitrogens with one attached hydrogen (secondary N) is 2. The fourth-order valence-electron chi connectivity index (χ4n) is 1.37. The molecule has 0 aromatic heterocycles. The van der Waals surface area contributed by atoms with Gasteiger partial charge in [-0.15, -0.1) is 0 Å². The van der Waals surface area contributed by atoms with Crippen molar-refractivity contribution in [1.82, 2.24) is 5.32 Å². The maximum Gasteiger partial charge on any atom is 0.232 e. The molecule has 1 rings (SSSR count). The Balaban J connectivity index is 2.65. The zero-order valence-corrected chi connectivity index (χ0v) is 11.6. The van der Waals surface area contributed by atoms with Crippen LogP contribution >= 0.6 is 11.6 Å². The summed E-state index contributed by atoms with van der Waals surface area (Å²) in [6.45, 7) is 3.32. The fraction of sp³-hybridized carbons (Fsp3) is 0.455. The van der Waals surface area contributed by atoms with Crippen LogP contribution in [0, 0.1) is 5.82 Å². The fourth-order valence-corrected chi connectivity index (χ4v) is 2.78. The molecular weight excluding hydrogens is 279 g/mol. The molecule has 2 N–H and O–H groups in total. The summed E-state index contributed by atoms with van der Waals surface area (Å²) in [7, 11) is -3.57. The Morgan fingerprint density at radius 3 is 2.72 bits per heavy atom. The average Bonchev–Trinajstić information content (AvgIpc) is 2.30. The van der Waals surface area contributed by atoms with Gasteiger partial charge < -0.3 is 5.32 Å². The van der Waals surface area contributed by atoms with Gasteiger partial charge >= 0.3 is 0 Å². The third kappa shape index (κ3) is 4.80. The van der Waals surface area contributed by atoms with Gasteiger partial charge in [0.1, 0.15) is 11.5 Å².